The van der Waals surface area contributed by atoms with Gasteiger partial charge in [-0.25, -0.2) is 0 Å². The molecule has 1 aliphatic heterocycles. The number of anilines is 2. The second-order valence-electron chi connectivity index (χ2n) is 5.80. The molecule has 1 amide bonds. The zero-order valence-corrected chi connectivity index (χ0v) is 12.4. The molecule has 1 aromatic rings. The van der Waals surface area contributed by atoms with Gasteiger partial charge in [-0.3, -0.25) is 4.79 Å². The fourth-order valence-electron chi connectivity index (χ4n) is 2.36. The lowest BCUT2D eigenvalue weighted by Crippen LogP contribution is -2.41. The summed E-state index contributed by atoms with van der Waals surface area (Å²) in [6.45, 7) is 3.63. The van der Waals surface area contributed by atoms with Crippen molar-refractivity contribution in [3.63, 3.8) is 0 Å². The maximum Gasteiger partial charge on any atom is 0.255 e. The maximum absolute atomic E-state index is 12.2. The van der Waals surface area contributed by atoms with Crippen molar-refractivity contribution in [2.75, 3.05) is 38.4 Å². The molecule has 1 fully saturated rings. The third-order valence-electron chi connectivity index (χ3n) is 3.71. The Morgan fingerprint density at radius 1 is 1.35 bits per heavy atom. The minimum atomic E-state index is -0.0621. The number of nitrogens with one attached hydrogen (secondary N) is 1. The van der Waals surface area contributed by atoms with Crippen LogP contribution in [-0.2, 0) is 4.74 Å². The highest BCUT2D eigenvalue weighted by Crippen LogP contribution is 2.29. The number of amides is 1. The van der Waals surface area contributed by atoms with Gasteiger partial charge in [0.05, 0.1) is 5.56 Å². The second-order valence-corrected chi connectivity index (χ2v) is 5.80. The molecule has 5 nitrogen and oxygen atoms in total. The minimum Gasteiger partial charge on any atom is -0.399 e. The summed E-state index contributed by atoms with van der Waals surface area (Å²) in [6, 6.07) is 5.37. The summed E-state index contributed by atoms with van der Waals surface area (Å²) in [5.74, 6) is -0.0249. The van der Waals surface area contributed by atoms with Crippen LogP contribution in [0.4, 0.5) is 11.4 Å². The van der Waals surface area contributed by atoms with Crippen molar-refractivity contribution in [2.24, 2.45) is 0 Å². The molecule has 110 valence electrons. The van der Waals surface area contributed by atoms with Gasteiger partial charge in [-0.15, -0.1) is 0 Å². The number of hydrogen-bond acceptors (Lipinski definition) is 4. The number of nitrogen functional groups attached to an aromatic ring is 1. The molecule has 0 radical (unpaired) electrons. The highest BCUT2D eigenvalue weighted by atomic mass is 16.5. The third kappa shape index (κ3) is 3.22. The summed E-state index contributed by atoms with van der Waals surface area (Å²) in [5.41, 5.74) is 7.90. The number of benzene rings is 1. The van der Waals surface area contributed by atoms with Gasteiger partial charge < -0.3 is 20.7 Å². The average Bonchev–Trinajstić information content (AvgIpc) is 2.38. The van der Waals surface area contributed by atoms with E-state index in [4.69, 9.17) is 10.5 Å². The molecule has 5 heteroatoms. The molecule has 3 N–H and O–H groups in total. The predicted molar refractivity (Wildman–Crippen MR) is 81.0 cm³/mol. The molecule has 2 rings (SSSR count). The van der Waals surface area contributed by atoms with Gasteiger partial charge in [0, 0.05) is 44.2 Å². The number of nitrogens with two attached hydrogens (primary N) is 1. The monoisotopic (exact) mass is 277 g/mol. The Labute approximate surface area is 120 Å². The van der Waals surface area contributed by atoms with Crippen molar-refractivity contribution in [1.82, 2.24) is 4.90 Å². The summed E-state index contributed by atoms with van der Waals surface area (Å²) in [4.78, 5) is 13.8. The lowest BCUT2D eigenvalue weighted by Gasteiger charge is -2.36. The topological polar surface area (TPSA) is 67.6 Å². The molecule has 0 aliphatic carbocycles. The largest absolute Gasteiger partial charge is 0.399 e. The van der Waals surface area contributed by atoms with Crippen LogP contribution < -0.4 is 11.1 Å². The lowest BCUT2D eigenvalue weighted by atomic mass is 9.91. The first-order valence-corrected chi connectivity index (χ1v) is 6.88. The molecule has 0 saturated carbocycles. The highest BCUT2D eigenvalue weighted by molar-refractivity contribution is 6.00. The van der Waals surface area contributed by atoms with Crippen molar-refractivity contribution in [2.45, 2.75) is 25.3 Å². The molecule has 0 atom stereocenters. The van der Waals surface area contributed by atoms with Crippen molar-refractivity contribution in [3.05, 3.63) is 23.8 Å². The Morgan fingerprint density at radius 3 is 2.60 bits per heavy atom. The molecular formula is C15H23N3O2. The number of nitrogens with zero attached hydrogens (tertiary/aromatic N) is 1. The molecule has 0 bridgehead atoms. The zero-order valence-electron chi connectivity index (χ0n) is 12.4. The summed E-state index contributed by atoms with van der Waals surface area (Å²) >= 11 is 0. The van der Waals surface area contributed by atoms with E-state index in [1.54, 1.807) is 31.1 Å². The van der Waals surface area contributed by atoms with E-state index in [0.717, 1.165) is 31.7 Å². The SMILES string of the molecule is CN(C)C(=O)c1ccc(N)cc1NC1(C)CCOCC1. The third-order valence-corrected chi connectivity index (χ3v) is 3.71. The van der Waals surface area contributed by atoms with Crippen LogP contribution in [0, 0.1) is 0 Å². The van der Waals surface area contributed by atoms with Gasteiger partial charge in [0.25, 0.3) is 5.91 Å². The minimum absolute atomic E-state index is 0.0249. The first kappa shape index (κ1) is 14.7. The van der Waals surface area contributed by atoms with E-state index in [2.05, 4.69) is 12.2 Å². The van der Waals surface area contributed by atoms with Gasteiger partial charge >= 0.3 is 0 Å². The van der Waals surface area contributed by atoms with Gasteiger partial charge in [-0.2, -0.15) is 0 Å². The first-order chi connectivity index (χ1) is 9.41. The fraction of sp³-hybridized carbons (Fsp3) is 0.533. The predicted octanol–water partition coefficient (Wildman–Crippen LogP) is 1.95. The Hall–Kier alpha value is -1.75. The maximum atomic E-state index is 12.2. The number of rotatable bonds is 3. The van der Waals surface area contributed by atoms with Gasteiger partial charge in [0.1, 0.15) is 0 Å². The first-order valence-electron chi connectivity index (χ1n) is 6.88. The summed E-state index contributed by atoms with van der Waals surface area (Å²) in [5, 5.41) is 3.49. The number of ether oxygens (including phenoxy) is 1. The summed E-state index contributed by atoms with van der Waals surface area (Å²) < 4.78 is 5.40. The standard InChI is InChI=1S/C15H23N3O2/c1-15(6-8-20-9-7-15)17-13-10-11(16)4-5-12(13)14(19)18(2)3/h4-5,10,17H,6-9,16H2,1-3H3. The van der Waals surface area contributed by atoms with E-state index >= 15 is 0 Å². The van der Waals surface area contributed by atoms with Crippen LogP contribution >= 0.6 is 0 Å². The zero-order chi connectivity index (χ0) is 14.8. The van der Waals surface area contributed by atoms with E-state index in [0.29, 0.717) is 11.3 Å². The lowest BCUT2D eigenvalue weighted by molar-refractivity contribution is 0.0657. The average molecular weight is 277 g/mol. The Morgan fingerprint density at radius 2 is 2.00 bits per heavy atom. The molecule has 1 aromatic carbocycles. The summed E-state index contributed by atoms with van der Waals surface area (Å²) in [6.07, 6.45) is 1.83. The van der Waals surface area contributed by atoms with Crippen LogP contribution in [0.15, 0.2) is 18.2 Å². The second kappa shape index (κ2) is 5.71. The van der Waals surface area contributed by atoms with Crippen LogP contribution in [0.25, 0.3) is 0 Å². The number of hydrogen-bond donors (Lipinski definition) is 2. The van der Waals surface area contributed by atoms with Crippen LogP contribution in [0.3, 0.4) is 0 Å². The van der Waals surface area contributed by atoms with Gasteiger partial charge in [0.15, 0.2) is 0 Å². The molecule has 1 heterocycles. The molecule has 0 spiro atoms. The van der Waals surface area contributed by atoms with E-state index in [-0.39, 0.29) is 11.4 Å². The van der Waals surface area contributed by atoms with Crippen LogP contribution in [0.1, 0.15) is 30.1 Å². The molecular weight excluding hydrogens is 254 g/mol. The van der Waals surface area contributed by atoms with Crippen molar-refractivity contribution in [1.29, 1.82) is 0 Å². The number of carbonyl (C=O) groups is 1. The molecule has 0 unspecified atom stereocenters. The molecule has 1 aliphatic rings. The van der Waals surface area contributed by atoms with E-state index < -0.39 is 0 Å². The fourth-order valence-corrected chi connectivity index (χ4v) is 2.36. The molecule has 20 heavy (non-hydrogen) atoms. The van der Waals surface area contributed by atoms with Gasteiger partial charge in [-0.05, 0) is 38.0 Å². The summed E-state index contributed by atoms with van der Waals surface area (Å²) in [7, 11) is 3.50. The highest BCUT2D eigenvalue weighted by Gasteiger charge is 2.28. The van der Waals surface area contributed by atoms with Crippen molar-refractivity contribution >= 4 is 17.3 Å². The van der Waals surface area contributed by atoms with Gasteiger partial charge in [0.2, 0.25) is 0 Å². The van der Waals surface area contributed by atoms with E-state index in [1.165, 1.54) is 0 Å². The Kier molecular flexibility index (Phi) is 4.18. The Balaban J connectivity index is 2.29. The normalized spacial score (nSPS) is 17.6. The molecule has 0 aromatic heterocycles. The van der Waals surface area contributed by atoms with Gasteiger partial charge in [-0.1, -0.05) is 0 Å². The van der Waals surface area contributed by atoms with E-state index in [1.807, 2.05) is 6.07 Å². The van der Waals surface area contributed by atoms with Crippen LogP contribution in [0.5, 0.6) is 0 Å². The van der Waals surface area contributed by atoms with Crippen LogP contribution in [0.2, 0.25) is 0 Å². The quantitative estimate of drug-likeness (QED) is 0.829. The van der Waals surface area contributed by atoms with Crippen LogP contribution in [-0.4, -0.2) is 43.7 Å². The Bertz CT molecular complexity index is 494. The van der Waals surface area contributed by atoms with Crippen molar-refractivity contribution < 1.29 is 9.53 Å². The van der Waals surface area contributed by atoms with E-state index in [9.17, 15) is 4.79 Å². The number of carbonyl (C=O) groups excluding carboxylic acids is 1. The smallest absolute Gasteiger partial charge is 0.255 e. The van der Waals surface area contributed by atoms with Crippen molar-refractivity contribution in [3.8, 4) is 0 Å². The molecule has 1 saturated heterocycles.